The number of aryl methyl sites for hydroxylation is 2. The van der Waals surface area contributed by atoms with Crippen molar-refractivity contribution < 1.29 is 23.8 Å². The summed E-state index contributed by atoms with van der Waals surface area (Å²) in [6, 6.07) is 25.2. The number of benzene rings is 4. The van der Waals surface area contributed by atoms with Gasteiger partial charge in [0.25, 0.3) is 11.8 Å². The Labute approximate surface area is 243 Å². The average Bonchev–Trinajstić information content (AvgIpc) is 2.98. The van der Waals surface area contributed by atoms with Crippen molar-refractivity contribution in [3.63, 3.8) is 0 Å². The Morgan fingerprint density at radius 1 is 0.878 bits per heavy atom. The maximum Gasteiger partial charge on any atom is 0.271 e. The quantitative estimate of drug-likeness (QED) is 0.162. The van der Waals surface area contributed by atoms with Gasteiger partial charge in [-0.2, -0.15) is 5.10 Å². The number of ether oxygens (including phenoxy) is 3. The van der Waals surface area contributed by atoms with Crippen LogP contribution in [0.1, 0.15) is 32.6 Å². The minimum absolute atomic E-state index is 0.181. The number of hydrazone groups is 1. The van der Waals surface area contributed by atoms with Gasteiger partial charge >= 0.3 is 0 Å². The van der Waals surface area contributed by atoms with Crippen LogP contribution in [-0.2, 0) is 11.4 Å². The largest absolute Gasteiger partial charge is 0.493 e. The Bertz CT molecular complexity index is 1540. The average molecular weight is 572 g/mol. The van der Waals surface area contributed by atoms with Gasteiger partial charge < -0.3 is 19.5 Å². The molecule has 0 unspecified atom stereocenters. The number of methoxy groups -OCH3 is 1. The van der Waals surface area contributed by atoms with E-state index in [2.05, 4.69) is 15.8 Å². The number of anilines is 1. The normalized spacial score (nSPS) is 10.7. The van der Waals surface area contributed by atoms with Crippen molar-refractivity contribution in [1.29, 1.82) is 0 Å². The summed E-state index contributed by atoms with van der Waals surface area (Å²) in [6.07, 6.45) is 1.49. The maximum absolute atomic E-state index is 12.5. The standard InChI is InChI=1S/C32H30ClN3O5/c1-21-4-11-26(12-5-21)35-31(37)20-41-29-15-8-24(17-30(29)39-3)18-34-36-32(38)25-9-6-23(7-10-25)19-40-27-13-14-28(33)22(2)16-27/h4-18H,19-20H2,1-3H3,(H,35,37)(H,36,38). The van der Waals surface area contributed by atoms with E-state index in [4.69, 9.17) is 25.8 Å². The van der Waals surface area contributed by atoms with E-state index < -0.39 is 0 Å². The highest BCUT2D eigenvalue weighted by atomic mass is 35.5. The molecule has 0 saturated carbocycles. The molecule has 9 heteroatoms. The number of rotatable bonds is 11. The molecule has 41 heavy (non-hydrogen) atoms. The first-order valence-corrected chi connectivity index (χ1v) is 13.2. The number of nitrogens with one attached hydrogen (secondary N) is 2. The van der Waals surface area contributed by atoms with E-state index in [1.54, 1.807) is 36.4 Å². The number of hydrogen-bond acceptors (Lipinski definition) is 6. The second kappa shape index (κ2) is 14.0. The van der Waals surface area contributed by atoms with Crippen LogP contribution in [0.25, 0.3) is 0 Å². The first-order chi connectivity index (χ1) is 19.8. The fourth-order valence-corrected chi connectivity index (χ4v) is 3.83. The second-order valence-corrected chi connectivity index (χ2v) is 9.62. The fraction of sp³-hybridized carbons (Fsp3) is 0.156. The number of hydrogen-bond donors (Lipinski definition) is 2. The lowest BCUT2D eigenvalue weighted by molar-refractivity contribution is -0.118. The third kappa shape index (κ3) is 8.58. The molecule has 0 spiro atoms. The fourth-order valence-electron chi connectivity index (χ4n) is 3.72. The summed E-state index contributed by atoms with van der Waals surface area (Å²) in [5, 5.41) is 7.52. The van der Waals surface area contributed by atoms with Gasteiger partial charge in [-0.15, -0.1) is 0 Å². The third-order valence-corrected chi connectivity index (χ3v) is 6.44. The summed E-state index contributed by atoms with van der Waals surface area (Å²) in [6.45, 7) is 4.08. The molecule has 0 aliphatic heterocycles. The summed E-state index contributed by atoms with van der Waals surface area (Å²) < 4.78 is 16.8. The van der Waals surface area contributed by atoms with E-state index in [0.717, 1.165) is 22.4 Å². The van der Waals surface area contributed by atoms with Gasteiger partial charge in [-0.3, -0.25) is 9.59 Å². The van der Waals surface area contributed by atoms with Gasteiger partial charge in [0.1, 0.15) is 12.4 Å². The Hall–Kier alpha value is -4.82. The minimum atomic E-state index is -0.353. The van der Waals surface area contributed by atoms with Crippen LogP contribution in [0.4, 0.5) is 5.69 Å². The van der Waals surface area contributed by atoms with Gasteiger partial charge in [-0.05, 0) is 91.2 Å². The molecule has 0 bridgehead atoms. The predicted molar refractivity (Wildman–Crippen MR) is 160 cm³/mol. The van der Waals surface area contributed by atoms with Crippen molar-refractivity contribution in [2.75, 3.05) is 19.0 Å². The number of halogens is 1. The SMILES string of the molecule is COc1cc(C=NNC(=O)c2ccc(COc3ccc(Cl)c(C)c3)cc2)ccc1OCC(=O)Nc1ccc(C)cc1. The molecule has 4 aromatic carbocycles. The Kier molecular flexibility index (Phi) is 9.96. The van der Waals surface area contributed by atoms with Crippen LogP contribution in [0.3, 0.4) is 0 Å². The molecule has 0 saturated heterocycles. The molecule has 2 N–H and O–H groups in total. The van der Waals surface area contributed by atoms with E-state index in [9.17, 15) is 9.59 Å². The van der Waals surface area contributed by atoms with Crippen LogP contribution < -0.4 is 25.0 Å². The van der Waals surface area contributed by atoms with Crippen molar-refractivity contribution in [3.05, 3.63) is 118 Å². The minimum Gasteiger partial charge on any atom is -0.493 e. The van der Waals surface area contributed by atoms with Crippen molar-refractivity contribution in [3.8, 4) is 17.2 Å². The van der Waals surface area contributed by atoms with Crippen LogP contribution in [-0.4, -0.2) is 31.7 Å². The van der Waals surface area contributed by atoms with Gasteiger partial charge in [0.15, 0.2) is 18.1 Å². The Morgan fingerprint density at radius 2 is 1.63 bits per heavy atom. The smallest absolute Gasteiger partial charge is 0.271 e. The Balaban J connectivity index is 1.26. The molecule has 210 valence electrons. The highest BCUT2D eigenvalue weighted by molar-refractivity contribution is 6.31. The zero-order valence-electron chi connectivity index (χ0n) is 22.9. The zero-order valence-corrected chi connectivity index (χ0v) is 23.7. The van der Waals surface area contributed by atoms with Gasteiger partial charge in [-0.1, -0.05) is 41.4 Å². The first-order valence-electron chi connectivity index (χ1n) is 12.8. The molecule has 0 heterocycles. The van der Waals surface area contributed by atoms with Gasteiger partial charge in [0.2, 0.25) is 0 Å². The molecule has 0 radical (unpaired) electrons. The van der Waals surface area contributed by atoms with Gasteiger partial charge in [0.05, 0.1) is 13.3 Å². The summed E-state index contributed by atoms with van der Waals surface area (Å²) in [7, 11) is 1.50. The molecular formula is C32H30ClN3O5. The van der Waals surface area contributed by atoms with E-state index in [0.29, 0.717) is 39.9 Å². The van der Waals surface area contributed by atoms with Crippen molar-refractivity contribution in [2.24, 2.45) is 5.10 Å². The molecule has 2 amide bonds. The number of nitrogens with zero attached hydrogens (tertiary/aromatic N) is 1. The van der Waals surface area contributed by atoms with Gasteiger partial charge in [-0.25, -0.2) is 5.43 Å². The molecule has 4 aromatic rings. The first kappa shape index (κ1) is 29.2. The monoisotopic (exact) mass is 571 g/mol. The summed E-state index contributed by atoms with van der Waals surface area (Å²) >= 11 is 6.05. The van der Waals surface area contributed by atoms with Crippen LogP contribution >= 0.6 is 11.6 Å². The highest BCUT2D eigenvalue weighted by Crippen LogP contribution is 2.27. The molecule has 8 nitrogen and oxygen atoms in total. The number of carbonyl (C=O) groups is 2. The molecule has 0 aromatic heterocycles. The molecule has 0 fully saturated rings. The van der Waals surface area contributed by atoms with Crippen molar-refractivity contribution >= 4 is 35.3 Å². The third-order valence-electron chi connectivity index (χ3n) is 6.01. The highest BCUT2D eigenvalue weighted by Gasteiger charge is 2.10. The van der Waals surface area contributed by atoms with Crippen molar-refractivity contribution in [2.45, 2.75) is 20.5 Å². The van der Waals surface area contributed by atoms with E-state index in [-0.39, 0.29) is 18.4 Å². The van der Waals surface area contributed by atoms with E-state index in [1.165, 1.54) is 13.3 Å². The lowest BCUT2D eigenvalue weighted by Crippen LogP contribution is -2.20. The maximum atomic E-state index is 12.5. The summed E-state index contributed by atoms with van der Waals surface area (Å²) in [4.78, 5) is 24.8. The molecule has 0 atom stereocenters. The Morgan fingerprint density at radius 3 is 2.34 bits per heavy atom. The summed E-state index contributed by atoms with van der Waals surface area (Å²) in [5.74, 6) is 0.913. The number of carbonyl (C=O) groups excluding carboxylic acids is 2. The number of amides is 2. The molecule has 4 rings (SSSR count). The van der Waals surface area contributed by atoms with E-state index in [1.807, 2.05) is 62.4 Å². The van der Waals surface area contributed by atoms with Crippen LogP contribution in [0.5, 0.6) is 17.2 Å². The van der Waals surface area contributed by atoms with Crippen LogP contribution in [0.15, 0.2) is 90.0 Å². The zero-order chi connectivity index (χ0) is 29.2. The van der Waals surface area contributed by atoms with E-state index >= 15 is 0 Å². The topological polar surface area (TPSA) is 98.2 Å². The predicted octanol–water partition coefficient (Wildman–Crippen LogP) is 6.33. The lowest BCUT2D eigenvalue weighted by Gasteiger charge is -2.11. The summed E-state index contributed by atoms with van der Waals surface area (Å²) in [5.41, 5.74) is 7.30. The molecule has 0 aliphatic rings. The second-order valence-electron chi connectivity index (χ2n) is 9.21. The molecular weight excluding hydrogens is 542 g/mol. The lowest BCUT2D eigenvalue weighted by atomic mass is 10.1. The van der Waals surface area contributed by atoms with Gasteiger partial charge in [0, 0.05) is 16.3 Å². The van der Waals surface area contributed by atoms with Crippen molar-refractivity contribution in [1.82, 2.24) is 5.43 Å². The van der Waals surface area contributed by atoms with Crippen LogP contribution in [0.2, 0.25) is 5.02 Å². The van der Waals surface area contributed by atoms with Crippen LogP contribution in [0, 0.1) is 13.8 Å². The molecule has 0 aliphatic carbocycles.